The maximum atomic E-state index is 13.3. The molecule has 4 rings (SSSR count). The zero-order valence-electron chi connectivity index (χ0n) is 22.0. The summed E-state index contributed by atoms with van der Waals surface area (Å²) < 4.78 is 10.9. The van der Waals surface area contributed by atoms with E-state index in [2.05, 4.69) is 10.3 Å². The van der Waals surface area contributed by atoms with Gasteiger partial charge in [0.25, 0.3) is 0 Å². The minimum atomic E-state index is -0.599. The number of aromatic amines is 1. The highest BCUT2D eigenvalue weighted by Gasteiger charge is 2.21. The summed E-state index contributed by atoms with van der Waals surface area (Å²) in [5, 5.41) is 10.8. The molecule has 0 aliphatic heterocycles. The minimum Gasteiger partial charge on any atom is -0.466 e. The number of esters is 1. The van der Waals surface area contributed by atoms with Crippen LogP contribution in [0.15, 0.2) is 66.7 Å². The molecule has 1 aromatic heterocycles. The number of nitrogen functional groups attached to an aromatic ring is 1. The number of nitrogens with one attached hydrogen (secondary N) is 3. The van der Waals surface area contributed by atoms with Gasteiger partial charge in [0.15, 0.2) is 0 Å². The molecule has 10 nitrogen and oxygen atoms in total. The standard InChI is InChI=1S/C29H32N6O4/c1-3-17-38-26(36)15-16-35(22-7-5-4-6-8-22)29(37)39-24-14-13-23-27(19(24)2)34-25(33-23)18-32-21-11-9-20(10-12-21)28(30)31/h4-14,32H,3,15-18H2,1-2H3,(H3,30,31)(H,33,34). The second kappa shape index (κ2) is 12.6. The Morgan fingerprint density at radius 2 is 1.82 bits per heavy atom. The van der Waals surface area contributed by atoms with E-state index >= 15 is 0 Å². The Morgan fingerprint density at radius 1 is 1.08 bits per heavy atom. The molecular formula is C29H32N6O4. The number of carbonyl (C=O) groups is 2. The minimum absolute atomic E-state index is 0.0205. The third-order valence-electron chi connectivity index (χ3n) is 6.06. The lowest BCUT2D eigenvalue weighted by Crippen LogP contribution is -2.35. The van der Waals surface area contributed by atoms with Gasteiger partial charge < -0.3 is 25.5 Å². The highest BCUT2D eigenvalue weighted by molar-refractivity contribution is 5.95. The number of benzene rings is 3. The van der Waals surface area contributed by atoms with E-state index in [4.69, 9.17) is 25.6 Å². The van der Waals surface area contributed by atoms with Gasteiger partial charge in [-0.05, 0) is 61.9 Å². The van der Waals surface area contributed by atoms with Crippen LogP contribution >= 0.6 is 0 Å². The number of aromatic nitrogens is 2. The van der Waals surface area contributed by atoms with E-state index in [1.54, 1.807) is 30.3 Å². The third-order valence-corrected chi connectivity index (χ3v) is 6.06. The summed E-state index contributed by atoms with van der Waals surface area (Å²) in [6, 6.07) is 19.9. The topological polar surface area (TPSA) is 146 Å². The second-order valence-electron chi connectivity index (χ2n) is 8.94. The smallest absolute Gasteiger partial charge is 0.419 e. The van der Waals surface area contributed by atoms with Crippen molar-refractivity contribution in [3.8, 4) is 5.75 Å². The van der Waals surface area contributed by atoms with E-state index in [0.29, 0.717) is 47.1 Å². The lowest BCUT2D eigenvalue weighted by atomic mass is 10.2. The molecule has 0 unspecified atom stereocenters. The van der Waals surface area contributed by atoms with Crippen molar-refractivity contribution in [3.05, 3.63) is 83.7 Å². The zero-order chi connectivity index (χ0) is 27.8. The van der Waals surface area contributed by atoms with Crippen LogP contribution in [0.25, 0.3) is 11.0 Å². The number of rotatable bonds is 11. The molecule has 1 heterocycles. The molecule has 0 aliphatic carbocycles. The summed E-state index contributed by atoms with van der Waals surface area (Å²) in [7, 11) is 0. The van der Waals surface area contributed by atoms with Crippen molar-refractivity contribution in [3.63, 3.8) is 0 Å². The van der Waals surface area contributed by atoms with Gasteiger partial charge in [0.1, 0.15) is 17.4 Å². The number of ether oxygens (including phenoxy) is 2. The first-order valence-electron chi connectivity index (χ1n) is 12.7. The van der Waals surface area contributed by atoms with Crippen molar-refractivity contribution in [1.82, 2.24) is 9.97 Å². The van der Waals surface area contributed by atoms with Crippen molar-refractivity contribution in [1.29, 1.82) is 5.41 Å². The number of imidazole rings is 1. The quantitative estimate of drug-likeness (QED) is 0.120. The van der Waals surface area contributed by atoms with Crippen LogP contribution in [0.1, 0.15) is 36.7 Å². The molecule has 0 bridgehead atoms. The second-order valence-corrected chi connectivity index (χ2v) is 8.94. The van der Waals surface area contributed by atoms with Gasteiger partial charge in [-0.3, -0.25) is 15.1 Å². The first-order valence-corrected chi connectivity index (χ1v) is 12.7. The number of amidine groups is 1. The molecule has 202 valence electrons. The number of H-pyrrole nitrogens is 1. The summed E-state index contributed by atoms with van der Waals surface area (Å²) in [4.78, 5) is 34.7. The van der Waals surface area contributed by atoms with Crippen LogP contribution in [0.5, 0.6) is 5.75 Å². The predicted molar refractivity (Wildman–Crippen MR) is 151 cm³/mol. The Hall–Kier alpha value is -4.86. The molecule has 0 aliphatic rings. The van der Waals surface area contributed by atoms with E-state index < -0.39 is 6.09 Å². The molecular weight excluding hydrogens is 496 g/mol. The number of anilines is 2. The van der Waals surface area contributed by atoms with Crippen LogP contribution in [-0.4, -0.2) is 41.0 Å². The normalized spacial score (nSPS) is 10.7. The van der Waals surface area contributed by atoms with Crippen LogP contribution in [-0.2, 0) is 16.1 Å². The largest absolute Gasteiger partial charge is 0.466 e. The summed E-state index contributed by atoms with van der Waals surface area (Å²) in [6.45, 7) is 4.69. The number of para-hydroxylation sites is 1. The van der Waals surface area contributed by atoms with Gasteiger partial charge in [-0.1, -0.05) is 25.1 Å². The monoisotopic (exact) mass is 528 g/mol. The van der Waals surface area contributed by atoms with E-state index in [1.165, 1.54) is 4.90 Å². The number of fused-ring (bicyclic) bond motifs is 1. The molecule has 0 saturated carbocycles. The predicted octanol–water partition coefficient (Wildman–Crippen LogP) is 5.12. The van der Waals surface area contributed by atoms with Gasteiger partial charge in [0, 0.05) is 29.0 Å². The van der Waals surface area contributed by atoms with Crippen LogP contribution in [0.4, 0.5) is 16.2 Å². The molecule has 0 saturated heterocycles. The summed E-state index contributed by atoms with van der Waals surface area (Å²) in [5.41, 5.74) is 9.88. The number of amides is 1. The maximum absolute atomic E-state index is 13.3. The molecule has 0 spiro atoms. The SMILES string of the molecule is CCCOC(=O)CCN(C(=O)Oc1ccc2[nH]c(CNc3ccc(C(=N)N)cc3)nc2c1C)c1ccccc1. The molecule has 0 atom stereocenters. The molecule has 39 heavy (non-hydrogen) atoms. The molecule has 5 N–H and O–H groups in total. The molecule has 3 aromatic carbocycles. The van der Waals surface area contributed by atoms with Gasteiger partial charge in [-0.15, -0.1) is 0 Å². The highest BCUT2D eigenvalue weighted by Crippen LogP contribution is 2.27. The Balaban J connectivity index is 1.47. The van der Waals surface area contributed by atoms with E-state index in [0.717, 1.165) is 17.6 Å². The lowest BCUT2D eigenvalue weighted by molar-refractivity contribution is -0.143. The molecule has 0 radical (unpaired) electrons. The van der Waals surface area contributed by atoms with Crippen molar-refractivity contribution in [2.24, 2.45) is 5.73 Å². The van der Waals surface area contributed by atoms with Crippen molar-refractivity contribution in [2.75, 3.05) is 23.4 Å². The van der Waals surface area contributed by atoms with Crippen molar-refractivity contribution < 1.29 is 19.1 Å². The van der Waals surface area contributed by atoms with Crippen LogP contribution < -0.4 is 20.7 Å². The highest BCUT2D eigenvalue weighted by atomic mass is 16.6. The van der Waals surface area contributed by atoms with E-state index in [-0.39, 0.29) is 24.8 Å². The maximum Gasteiger partial charge on any atom is 0.419 e. The lowest BCUT2D eigenvalue weighted by Gasteiger charge is -2.22. The number of nitrogens with two attached hydrogens (primary N) is 1. The number of nitrogens with zero attached hydrogens (tertiary/aromatic N) is 2. The van der Waals surface area contributed by atoms with Crippen LogP contribution in [0.3, 0.4) is 0 Å². The fraction of sp³-hybridized carbons (Fsp3) is 0.241. The summed E-state index contributed by atoms with van der Waals surface area (Å²) in [5.74, 6) is 0.749. The molecule has 0 fully saturated rings. The average Bonchev–Trinajstić information content (AvgIpc) is 3.37. The van der Waals surface area contributed by atoms with Gasteiger partial charge in [-0.25, -0.2) is 9.78 Å². The summed E-state index contributed by atoms with van der Waals surface area (Å²) in [6.07, 6.45) is 0.185. The first-order chi connectivity index (χ1) is 18.9. The number of carbonyl (C=O) groups excluding carboxylic acids is 2. The van der Waals surface area contributed by atoms with Gasteiger partial charge in [-0.2, -0.15) is 0 Å². The number of aryl methyl sites for hydroxylation is 1. The molecule has 10 heteroatoms. The molecule has 1 amide bonds. The van der Waals surface area contributed by atoms with E-state index in [9.17, 15) is 9.59 Å². The van der Waals surface area contributed by atoms with Crippen LogP contribution in [0.2, 0.25) is 0 Å². The number of hydrogen-bond acceptors (Lipinski definition) is 7. The Kier molecular flexibility index (Phi) is 8.78. The van der Waals surface area contributed by atoms with E-state index in [1.807, 2.05) is 50.2 Å². The third kappa shape index (κ3) is 6.92. The van der Waals surface area contributed by atoms with Crippen molar-refractivity contribution in [2.45, 2.75) is 33.2 Å². The van der Waals surface area contributed by atoms with Crippen molar-refractivity contribution >= 4 is 40.3 Å². The van der Waals surface area contributed by atoms with Gasteiger partial charge >= 0.3 is 12.1 Å². The molecule has 4 aromatic rings. The zero-order valence-corrected chi connectivity index (χ0v) is 22.0. The van der Waals surface area contributed by atoms with Gasteiger partial charge in [0.05, 0.1) is 30.6 Å². The van der Waals surface area contributed by atoms with Crippen LogP contribution in [0, 0.1) is 12.3 Å². The fourth-order valence-corrected chi connectivity index (χ4v) is 3.97. The summed E-state index contributed by atoms with van der Waals surface area (Å²) >= 11 is 0. The fourth-order valence-electron chi connectivity index (χ4n) is 3.97. The first kappa shape index (κ1) is 27.2. The van der Waals surface area contributed by atoms with Gasteiger partial charge in [0.2, 0.25) is 0 Å². The average molecular weight is 529 g/mol. The number of hydrogen-bond donors (Lipinski definition) is 4. The Morgan fingerprint density at radius 3 is 2.51 bits per heavy atom. The Bertz CT molecular complexity index is 1450. The Labute approximate surface area is 226 Å².